The number of aryl methyl sites for hydroxylation is 1. The summed E-state index contributed by atoms with van der Waals surface area (Å²) in [7, 11) is 0. The smallest absolute Gasteiger partial charge is 0.243 e. The quantitative estimate of drug-likeness (QED) is 0.673. The number of carbonyl (C=O) groups excluding carboxylic acids is 2. The summed E-state index contributed by atoms with van der Waals surface area (Å²) < 4.78 is 0. The van der Waals surface area contributed by atoms with Crippen molar-refractivity contribution in [2.45, 2.75) is 12.8 Å². The second-order valence-corrected chi connectivity index (χ2v) is 6.63. The van der Waals surface area contributed by atoms with Crippen LogP contribution in [-0.2, 0) is 16.0 Å². The summed E-state index contributed by atoms with van der Waals surface area (Å²) in [6.45, 7) is -0.0408. The van der Waals surface area contributed by atoms with Crippen LogP contribution in [0.15, 0.2) is 66.0 Å². The van der Waals surface area contributed by atoms with Crippen molar-refractivity contribution in [3.63, 3.8) is 0 Å². The lowest BCUT2D eigenvalue weighted by atomic mass is 10.2. The molecule has 3 rings (SSSR count). The second-order valence-electron chi connectivity index (χ2n) is 5.68. The van der Waals surface area contributed by atoms with Crippen LogP contribution in [-0.4, -0.2) is 23.3 Å². The average molecular weight is 365 g/mol. The number of nitrogens with zero attached hydrogens (tertiary/aromatic N) is 1. The number of hydrogen-bond donors (Lipinski definition) is 2. The molecular weight excluding hydrogens is 346 g/mol. The Balaban J connectivity index is 1.42. The minimum Gasteiger partial charge on any atom is -0.347 e. The molecule has 6 heteroatoms. The van der Waals surface area contributed by atoms with Crippen molar-refractivity contribution >= 4 is 28.8 Å². The first-order chi connectivity index (χ1) is 12.7. The van der Waals surface area contributed by atoms with Crippen LogP contribution in [0, 0.1) is 0 Å². The largest absolute Gasteiger partial charge is 0.347 e. The third-order valence-corrected chi connectivity index (χ3v) is 4.60. The van der Waals surface area contributed by atoms with Gasteiger partial charge in [-0.3, -0.25) is 9.59 Å². The zero-order chi connectivity index (χ0) is 18.2. The fourth-order valence-electron chi connectivity index (χ4n) is 2.38. The third-order valence-electron chi connectivity index (χ3n) is 3.69. The van der Waals surface area contributed by atoms with E-state index in [9.17, 15) is 9.59 Å². The molecule has 2 amide bonds. The van der Waals surface area contributed by atoms with E-state index < -0.39 is 0 Å². The molecule has 2 N–H and O–H groups in total. The normalized spacial score (nSPS) is 10.3. The van der Waals surface area contributed by atoms with Gasteiger partial charge >= 0.3 is 0 Å². The van der Waals surface area contributed by atoms with Crippen molar-refractivity contribution in [2.24, 2.45) is 0 Å². The molecule has 1 aromatic heterocycles. The van der Waals surface area contributed by atoms with Gasteiger partial charge in [0, 0.05) is 29.5 Å². The van der Waals surface area contributed by atoms with E-state index in [1.54, 1.807) is 23.5 Å². The molecule has 3 aromatic rings. The number of benzene rings is 2. The van der Waals surface area contributed by atoms with Crippen LogP contribution in [0.4, 0.5) is 5.69 Å². The van der Waals surface area contributed by atoms with E-state index in [1.165, 1.54) is 0 Å². The predicted octanol–water partition coefficient (Wildman–Crippen LogP) is 3.50. The van der Waals surface area contributed by atoms with Crippen LogP contribution in [0.3, 0.4) is 0 Å². The topological polar surface area (TPSA) is 71.1 Å². The summed E-state index contributed by atoms with van der Waals surface area (Å²) >= 11 is 1.54. The molecule has 0 saturated carbocycles. The van der Waals surface area contributed by atoms with Gasteiger partial charge in [-0.2, -0.15) is 0 Å². The van der Waals surface area contributed by atoms with E-state index in [1.807, 2.05) is 53.9 Å². The molecule has 5 nitrogen and oxygen atoms in total. The summed E-state index contributed by atoms with van der Waals surface area (Å²) in [5.41, 5.74) is 2.70. The van der Waals surface area contributed by atoms with E-state index >= 15 is 0 Å². The molecule has 0 atom stereocenters. The Morgan fingerprint density at radius 1 is 0.923 bits per heavy atom. The highest BCUT2D eigenvalue weighted by atomic mass is 32.1. The Morgan fingerprint density at radius 2 is 1.62 bits per heavy atom. The highest BCUT2D eigenvalue weighted by Gasteiger charge is 2.09. The summed E-state index contributed by atoms with van der Waals surface area (Å²) in [6.07, 6.45) is 0.865. The molecule has 26 heavy (non-hydrogen) atoms. The maximum absolute atomic E-state index is 11.9. The standard InChI is InChI=1S/C20H19N3O2S/c24-18(21-13-19(25)22-16-9-5-2-6-10-16)11-12-20-23-17(14-26-20)15-7-3-1-4-8-15/h1-10,14H,11-13H2,(H,21,24)(H,22,25). The molecule has 0 aliphatic heterocycles. The van der Waals surface area contributed by atoms with Crippen molar-refractivity contribution in [1.29, 1.82) is 0 Å². The van der Waals surface area contributed by atoms with Gasteiger partial charge in [-0.15, -0.1) is 11.3 Å². The lowest BCUT2D eigenvalue weighted by molar-refractivity contribution is -0.124. The first kappa shape index (κ1) is 17.8. The maximum Gasteiger partial charge on any atom is 0.243 e. The summed E-state index contributed by atoms with van der Waals surface area (Å²) in [4.78, 5) is 28.3. The highest BCUT2D eigenvalue weighted by molar-refractivity contribution is 7.09. The van der Waals surface area contributed by atoms with Gasteiger partial charge in [0.2, 0.25) is 11.8 Å². The summed E-state index contributed by atoms with van der Waals surface area (Å²) in [6, 6.07) is 19.1. The van der Waals surface area contributed by atoms with Crippen molar-refractivity contribution in [1.82, 2.24) is 10.3 Å². The van der Waals surface area contributed by atoms with Crippen LogP contribution in [0.2, 0.25) is 0 Å². The highest BCUT2D eigenvalue weighted by Crippen LogP contribution is 2.22. The minimum atomic E-state index is -0.245. The molecule has 0 unspecified atom stereocenters. The number of thiazole rings is 1. The Hall–Kier alpha value is -2.99. The molecule has 0 aliphatic carbocycles. The van der Waals surface area contributed by atoms with Crippen molar-refractivity contribution in [2.75, 3.05) is 11.9 Å². The van der Waals surface area contributed by atoms with Crippen molar-refractivity contribution in [3.05, 3.63) is 71.1 Å². The van der Waals surface area contributed by atoms with Gasteiger partial charge in [0.25, 0.3) is 0 Å². The monoisotopic (exact) mass is 365 g/mol. The second kappa shape index (κ2) is 8.92. The van der Waals surface area contributed by atoms with Gasteiger partial charge in [0.15, 0.2) is 0 Å². The lowest BCUT2D eigenvalue weighted by Gasteiger charge is -2.06. The molecular formula is C20H19N3O2S. The molecule has 2 aromatic carbocycles. The molecule has 0 bridgehead atoms. The zero-order valence-corrected chi connectivity index (χ0v) is 15.0. The van der Waals surface area contributed by atoms with Crippen molar-refractivity contribution in [3.8, 4) is 11.3 Å². The third kappa shape index (κ3) is 5.26. The summed E-state index contributed by atoms with van der Waals surface area (Å²) in [5.74, 6) is -0.408. The molecule has 0 radical (unpaired) electrons. The zero-order valence-electron chi connectivity index (χ0n) is 14.1. The molecule has 0 saturated heterocycles. The summed E-state index contributed by atoms with van der Waals surface area (Å²) in [5, 5.41) is 8.27. The van der Waals surface area contributed by atoms with E-state index in [2.05, 4.69) is 15.6 Å². The first-order valence-electron chi connectivity index (χ1n) is 8.32. The fourth-order valence-corrected chi connectivity index (χ4v) is 3.19. The van der Waals surface area contributed by atoms with Gasteiger partial charge in [-0.1, -0.05) is 48.5 Å². The van der Waals surface area contributed by atoms with Crippen LogP contribution < -0.4 is 10.6 Å². The maximum atomic E-state index is 11.9. The predicted molar refractivity (Wildman–Crippen MR) is 104 cm³/mol. The minimum absolute atomic E-state index is 0.0408. The number of carbonyl (C=O) groups is 2. The number of rotatable bonds is 7. The Morgan fingerprint density at radius 3 is 2.35 bits per heavy atom. The molecule has 132 valence electrons. The van der Waals surface area contributed by atoms with Gasteiger partial charge in [-0.05, 0) is 12.1 Å². The van der Waals surface area contributed by atoms with E-state index in [-0.39, 0.29) is 18.4 Å². The van der Waals surface area contributed by atoms with Crippen LogP contribution in [0.1, 0.15) is 11.4 Å². The van der Waals surface area contributed by atoms with Crippen molar-refractivity contribution < 1.29 is 9.59 Å². The van der Waals surface area contributed by atoms with Gasteiger partial charge in [0.1, 0.15) is 0 Å². The van der Waals surface area contributed by atoms with Gasteiger partial charge < -0.3 is 10.6 Å². The first-order valence-corrected chi connectivity index (χ1v) is 9.20. The molecule has 1 heterocycles. The van der Waals surface area contributed by atoms with Gasteiger partial charge in [0.05, 0.1) is 17.2 Å². The molecule has 0 aliphatic rings. The van der Waals surface area contributed by atoms with E-state index in [0.717, 1.165) is 16.3 Å². The number of hydrogen-bond acceptors (Lipinski definition) is 4. The van der Waals surface area contributed by atoms with Crippen LogP contribution >= 0.6 is 11.3 Å². The number of nitrogens with one attached hydrogen (secondary N) is 2. The Bertz CT molecular complexity index is 863. The van der Waals surface area contributed by atoms with E-state index in [4.69, 9.17) is 0 Å². The fraction of sp³-hybridized carbons (Fsp3) is 0.150. The SMILES string of the molecule is O=C(CCc1nc(-c2ccccc2)cs1)NCC(=O)Nc1ccccc1. The molecule has 0 spiro atoms. The Kier molecular flexibility index (Phi) is 6.11. The Labute approximate surface area is 156 Å². The van der Waals surface area contributed by atoms with E-state index in [0.29, 0.717) is 18.5 Å². The lowest BCUT2D eigenvalue weighted by Crippen LogP contribution is -2.32. The number of anilines is 1. The number of para-hydroxylation sites is 1. The molecule has 0 fully saturated rings. The average Bonchev–Trinajstić information content (AvgIpc) is 3.15. The van der Waals surface area contributed by atoms with Crippen LogP contribution in [0.5, 0.6) is 0 Å². The van der Waals surface area contributed by atoms with Crippen LogP contribution in [0.25, 0.3) is 11.3 Å². The number of aromatic nitrogens is 1. The van der Waals surface area contributed by atoms with Gasteiger partial charge in [-0.25, -0.2) is 4.98 Å². The number of amides is 2.